The van der Waals surface area contributed by atoms with Crippen LogP contribution in [0.4, 0.5) is 5.69 Å². The average molecular weight is 470 g/mol. The second-order valence-corrected chi connectivity index (χ2v) is 9.24. The van der Waals surface area contributed by atoms with Gasteiger partial charge in [-0.25, -0.2) is 4.99 Å². The number of hydroxylamine groups is 1. The van der Waals surface area contributed by atoms with Gasteiger partial charge in [0, 0.05) is 44.4 Å². The van der Waals surface area contributed by atoms with Gasteiger partial charge in [0.2, 0.25) is 5.90 Å². The lowest BCUT2D eigenvalue weighted by Crippen LogP contribution is -2.26. The molecule has 2 aliphatic heterocycles. The first-order chi connectivity index (χ1) is 17.0. The highest BCUT2D eigenvalue weighted by atomic mass is 16.7. The van der Waals surface area contributed by atoms with E-state index in [1.807, 2.05) is 49.4 Å². The monoisotopic (exact) mass is 469 g/mol. The van der Waals surface area contributed by atoms with Crippen molar-refractivity contribution in [2.24, 2.45) is 4.99 Å². The van der Waals surface area contributed by atoms with Crippen LogP contribution in [0.25, 0.3) is 0 Å². The number of fused-ring (bicyclic) bond motifs is 1. The minimum atomic E-state index is -0.166. The number of carbonyl (C=O) groups is 1. The number of rotatable bonds is 7. The van der Waals surface area contributed by atoms with Crippen molar-refractivity contribution in [1.82, 2.24) is 15.7 Å². The smallest absolute Gasteiger partial charge is 0.255 e. The Balaban J connectivity index is 1.17. The highest BCUT2D eigenvalue weighted by Crippen LogP contribution is 2.23. The van der Waals surface area contributed by atoms with Gasteiger partial charge in [0.1, 0.15) is 0 Å². The molecule has 0 aromatic heterocycles. The maximum atomic E-state index is 12.9. The van der Waals surface area contributed by atoms with E-state index >= 15 is 0 Å². The van der Waals surface area contributed by atoms with Crippen LogP contribution >= 0.6 is 0 Å². The van der Waals surface area contributed by atoms with Crippen molar-refractivity contribution in [3.8, 4) is 0 Å². The number of anilines is 1. The number of aliphatic imine (C=N–C) groups is 1. The molecule has 3 aromatic carbocycles. The van der Waals surface area contributed by atoms with E-state index < -0.39 is 0 Å². The Morgan fingerprint density at radius 3 is 2.66 bits per heavy atom. The van der Waals surface area contributed by atoms with Gasteiger partial charge in [-0.05, 0) is 65.6 Å². The normalized spacial score (nSPS) is 17.4. The number of hydrogen-bond acceptors (Lipinski definition) is 6. The van der Waals surface area contributed by atoms with Crippen LogP contribution in [0.2, 0.25) is 0 Å². The summed E-state index contributed by atoms with van der Waals surface area (Å²) in [5.74, 6) is 0.549. The summed E-state index contributed by atoms with van der Waals surface area (Å²) in [6.45, 7) is 5.20. The summed E-state index contributed by atoms with van der Waals surface area (Å²) in [5.41, 5.74) is 10.4. The lowest BCUT2D eigenvalue weighted by Gasteiger charge is -2.25. The van der Waals surface area contributed by atoms with Crippen LogP contribution in [-0.4, -0.2) is 30.3 Å². The first-order valence-electron chi connectivity index (χ1n) is 12.0. The van der Waals surface area contributed by atoms with Crippen molar-refractivity contribution < 1.29 is 9.63 Å². The third kappa shape index (κ3) is 5.77. The minimum absolute atomic E-state index is 0.0919. The molecule has 3 aromatic rings. The number of nitrogens with zero attached hydrogens (tertiary/aromatic N) is 2. The van der Waals surface area contributed by atoms with Crippen LogP contribution in [-0.2, 0) is 30.9 Å². The summed E-state index contributed by atoms with van der Waals surface area (Å²) in [6, 6.07) is 22.3. The molecule has 0 saturated carbocycles. The van der Waals surface area contributed by atoms with E-state index in [4.69, 9.17) is 4.84 Å². The predicted octanol–water partition coefficient (Wildman–Crippen LogP) is 4.17. The van der Waals surface area contributed by atoms with Gasteiger partial charge in [-0.2, -0.15) is 0 Å². The molecule has 0 saturated heterocycles. The van der Waals surface area contributed by atoms with E-state index in [0.29, 0.717) is 24.6 Å². The first-order valence-corrected chi connectivity index (χ1v) is 12.0. The Hall–Kier alpha value is -3.52. The molecule has 2 aliphatic rings. The Morgan fingerprint density at radius 1 is 1.06 bits per heavy atom. The maximum Gasteiger partial charge on any atom is 0.255 e. The SMILES string of the molecule is CC1=NC(c2cccc(CNCc3cccc(C(=O)Nc4ccc5c(c4)CN(C)CC5)c3)c2)NO1. The fourth-order valence-corrected chi connectivity index (χ4v) is 4.54. The molecule has 0 radical (unpaired) electrons. The fraction of sp³-hybridized carbons (Fsp3) is 0.286. The Morgan fingerprint density at radius 2 is 1.86 bits per heavy atom. The van der Waals surface area contributed by atoms with Crippen LogP contribution in [0.5, 0.6) is 0 Å². The first kappa shape index (κ1) is 23.2. The third-order valence-electron chi connectivity index (χ3n) is 6.41. The van der Waals surface area contributed by atoms with Crippen molar-refractivity contribution in [3.63, 3.8) is 0 Å². The molecule has 35 heavy (non-hydrogen) atoms. The number of hydrogen-bond donors (Lipinski definition) is 3. The summed E-state index contributed by atoms with van der Waals surface area (Å²) in [5, 5.41) is 6.54. The summed E-state index contributed by atoms with van der Waals surface area (Å²) in [7, 11) is 2.13. The third-order valence-corrected chi connectivity index (χ3v) is 6.41. The zero-order chi connectivity index (χ0) is 24.2. The van der Waals surface area contributed by atoms with Crippen molar-refractivity contribution in [2.75, 3.05) is 18.9 Å². The maximum absolute atomic E-state index is 12.9. The van der Waals surface area contributed by atoms with Gasteiger partial charge in [0.15, 0.2) is 6.17 Å². The minimum Gasteiger partial charge on any atom is -0.391 e. The van der Waals surface area contributed by atoms with E-state index in [1.165, 1.54) is 11.1 Å². The topological polar surface area (TPSA) is 78.0 Å². The number of nitrogens with one attached hydrogen (secondary N) is 3. The van der Waals surface area contributed by atoms with Crippen molar-refractivity contribution in [1.29, 1.82) is 0 Å². The molecule has 2 heterocycles. The molecule has 3 N–H and O–H groups in total. The molecule has 180 valence electrons. The molecular formula is C28H31N5O2. The lowest BCUT2D eigenvalue weighted by atomic mass is 9.99. The van der Waals surface area contributed by atoms with Gasteiger partial charge in [0.25, 0.3) is 5.91 Å². The standard InChI is InChI=1S/C28H31N5O2/c1-19-30-27(32-35-19)23-7-3-5-20(13-23)16-29-17-21-6-4-8-24(14-21)28(34)31-26-10-9-22-11-12-33(2)18-25(22)15-26/h3-10,13-15,27,29,32H,11-12,16-18H2,1-2H3,(H,31,34). The van der Waals surface area contributed by atoms with Gasteiger partial charge < -0.3 is 20.4 Å². The molecule has 1 unspecified atom stereocenters. The Labute approximate surface area is 206 Å². The fourth-order valence-electron chi connectivity index (χ4n) is 4.54. The molecule has 0 spiro atoms. The highest BCUT2D eigenvalue weighted by Gasteiger charge is 2.17. The molecule has 0 aliphatic carbocycles. The molecule has 7 heteroatoms. The lowest BCUT2D eigenvalue weighted by molar-refractivity contribution is 0.102. The molecule has 5 rings (SSSR count). The second kappa shape index (κ2) is 10.4. The predicted molar refractivity (Wildman–Crippen MR) is 138 cm³/mol. The van der Waals surface area contributed by atoms with Crippen molar-refractivity contribution in [3.05, 3.63) is 100 Å². The van der Waals surface area contributed by atoms with E-state index in [9.17, 15) is 4.79 Å². The largest absolute Gasteiger partial charge is 0.391 e. The second-order valence-electron chi connectivity index (χ2n) is 9.24. The van der Waals surface area contributed by atoms with Crippen LogP contribution in [0.1, 0.15) is 51.3 Å². The number of carbonyl (C=O) groups excluding carboxylic acids is 1. The van der Waals surface area contributed by atoms with E-state index in [2.05, 4.69) is 57.3 Å². The van der Waals surface area contributed by atoms with Gasteiger partial charge in [0.05, 0.1) is 0 Å². The number of amides is 1. The molecule has 7 nitrogen and oxygen atoms in total. The molecular weight excluding hydrogens is 438 g/mol. The quantitative estimate of drug-likeness (QED) is 0.484. The summed E-state index contributed by atoms with van der Waals surface area (Å²) in [6.07, 6.45) is 0.889. The molecule has 1 atom stereocenters. The van der Waals surface area contributed by atoms with E-state index in [1.54, 1.807) is 0 Å². The van der Waals surface area contributed by atoms with Gasteiger partial charge in [-0.15, -0.1) is 5.48 Å². The van der Waals surface area contributed by atoms with Crippen LogP contribution in [0.3, 0.4) is 0 Å². The summed E-state index contributed by atoms with van der Waals surface area (Å²) < 4.78 is 0. The van der Waals surface area contributed by atoms with Gasteiger partial charge >= 0.3 is 0 Å². The molecule has 0 bridgehead atoms. The summed E-state index contributed by atoms with van der Waals surface area (Å²) >= 11 is 0. The number of likely N-dealkylation sites (N-methyl/N-ethyl adjacent to an activating group) is 1. The average Bonchev–Trinajstić information content (AvgIpc) is 3.30. The van der Waals surface area contributed by atoms with Crippen LogP contribution in [0, 0.1) is 0 Å². The Kier molecular flexibility index (Phi) is 6.90. The Bertz CT molecular complexity index is 1260. The zero-order valence-corrected chi connectivity index (χ0v) is 20.2. The zero-order valence-electron chi connectivity index (χ0n) is 20.2. The van der Waals surface area contributed by atoms with Gasteiger partial charge in [-0.1, -0.05) is 42.5 Å². The molecule has 0 fully saturated rings. The highest BCUT2D eigenvalue weighted by molar-refractivity contribution is 6.04. The number of benzene rings is 3. The molecule has 1 amide bonds. The van der Waals surface area contributed by atoms with Crippen molar-refractivity contribution >= 4 is 17.5 Å². The van der Waals surface area contributed by atoms with Crippen LogP contribution < -0.4 is 16.1 Å². The van der Waals surface area contributed by atoms with E-state index in [0.717, 1.165) is 41.9 Å². The van der Waals surface area contributed by atoms with Gasteiger partial charge in [-0.3, -0.25) is 4.79 Å². The van der Waals surface area contributed by atoms with E-state index in [-0.39, 0.29) is 12.1 Å². The van der Waals surface area contributed by atoms with Crippen molar-refractivity contribution in [2.45, 2.75) is 39.1 Å². The summed E-state index contributed by atoms with van der Waals surface area (Å²) in [4.78, 5) is 24.9. The van der Waals surface area contributed by atoms with Crippen LogP contribution in [0.15, 0.2) is 71.7 Å².